The molecule has 0 aliphatic heterocycles. The van der Waals surface area contributed by atoms with E-state index in [0.717, 1.165) is 48.1 Å². The summed E-state index contributed by atoms with van der Waals surface area (Å²) in [4.78, 5) is 13.3. The summed E-state index contributed by atoms with van der Waals surface area (Å²) in [6.45, 7) is 9.03. The highest BCUT2D eigenvalue weighted by molar-refractivity contribution is 5.92. The van der Waals surface area contributed by atoms with E-state index in [4.69, 9.17) is 19.9 Å². The molecule has 0 radical (unpaired) electrons. The molecule has 6 heteroatoms. The molecule has 188 valence electrons. The van der Waals surface area contributed by atoms with Crippen molar-refractivity contribution in [2.24, 2.45) is 5.73 Å². The van der Waals surface area contributed by atoms with Gasteiger partial charge in [-0.2, -0.15) is 0 Å². The number of ether oxygens (including phenoxy) is 3. The number of nitrogens with two attached hydrogens (primary N) is 1. The number of methoxy groups -OCH3 is 3. The van der Waals surface area contributed by atoms with Gasteiger partial charge in [0.05, 0.1) is 21.3 Å². The fourth-order valence-corrected chi connectivity index (χ4v) is 4.28. The number of anilines is 1. The van der Waals surface area contributed by atoms with Gasteiger partial charge in [0, 0.05) is 30.3 Å². The average Bonchev–Trinajstić information content (AvgIpc) is 2.81. The van der Waals surface area contributed by atoms with Crippen molar-refractivity contribution in [3.8, 4) is 17.2 Å². The van der Waals surface area contributed by atoms with E-state index in [1.165, 1.54) is 0 Å². The molecule has 1 atom stereocenters. The molecule has 0 bridgehead atoms. The van der Waals surface area contributed by atoms with Crippen LogP contribution in [0.25, 0.3) is 0 Å². The summed E-state index contributed by atoms with van der Waals surface area (Å²) in [5, 5.41) is 3.18. The van der Waals surface area contributed by atoms with Gasteiger partial charge in [-0.05, 0) is 41.0 Å². The Bertz CT molecular complexity index is 950. The van der Waals surface area contributed by atoms with Gasteiger partial charge < -0.3 is 25.3 Å². The molecule has 0 aliphatic carbocycles. The minimum absolute atomic E-state index is 0.0166. The number of carbonyl (C=O) groups is 1. The standard InChI is InChI=1S/C28H42N2O4/c1-8-9-10-11-20(21-16-25(33-6)26(34-7)17-24(21)32-5)15-27(31)30-23-14-19(18-29)12-13-22(23)28(2,3)4/h12-14,16-17,20H,8-11,15,18,29H2,1-7H3,(H,30,31). The van der Waals surface area contributed by atoms with Crippen molar-refractivity contribution in [1.82, 2.24) is 0 Å². The molecule has 6 nitrogen and oxygen atoms in total. The fraction of sp³-hybridized carbons (Fsp3) is 0.536. The van der Waals surface area contributed by atoms with Crippen molar-refractivity contribution in [2.75, 3.05) is 26.6 Å². The summed E-state index contributed by atoms with van der Waals surface area (Å²) >= 11 is 0. The smallest absolute Gasteiger partial charge is 0.224 e. The van der Waals surface area contributed by atoms with Crippen LogP contribution in [-0.2, 0) is 16.8 Å². The topological polar surface area (TPSA) is 82.8 Å². The van der Waals surface area contributed by atoms with Crippen LogP contribution >= 0.6 is 0 Å². The maximum atomic E-state index is 13.3. The Morgan fingerprint density at radius 2 is 1.62 bits per heavy atom. The number of benzene rings is 2. The molecule has 0 aromatic heterocycles. The highest BCUT2D eigenvalue weighted by Gasteiger charge is 2.24. The number of carbonyl (C=O) groups excluding carboxylic acids is 1. The largest absolute Gasteiger partial charge is 0.496 e. The van der Waals surface area contributed by atoms with Crippen molar-refractivity contribution in [1.29, 1.82) is 0 Å². The second-order valence-corrected chi connectivity index (χ2v) is 9.73. The third-order valence-corrected chi connectivity index (χ3v) is 6.17. The molecule has 0 spiro atoms. The number of unbranched alkanes of at least 4 members (excludes halogenated alkanes) is 2. The molecule has 0 fully saturated rings. The molecule has 2 aromatic carbocycles. The lowest BCUT2D eigenvalue weighted by molar-refractivity contribution is -0.116. The van der Waals surface area contributed by atoms with Crippen molar-refractivity contribution in [3.63, 3.8) is 0 Å². The van der Waals surface area contributed by atoms with E-state index in [0.29, 0.717) is 30.2 Å². The quantitative estimate of drug-likeness (QED) is 0.363. The van der Waals surface area contributed by atoms with Crippen LogP contribution in [0.5, 0.6) is 17.2 Å². The fourth-order valence-electron chi connectivity index (χ4n) is 4.28. The molecule has 0 saturated heterocycles. The van der Waals surface area contributed by atoms with E-state index in [-0.39, 0.29) is 17.2 Å². The molecule has 1 unspecified atom stereocenters. The maximum Gasteiger partial charge on any atom is 0.224 e. The number of hydrogen-bond acceptors (Lipinski definition) is 5. The molecule has 1 amide bonds. The number of hydrogen-bond donors (Lipinski definition) is 2. The third kappa shape index (κ3) is 7.13. The number of nitrogens with one attached hydrogen (secondary N) is 1. The summed E-state index contributed by atoms with van der Waals surface area (Å²) < 4.78 is 16.7. The lowest BCUT2D eigenvalue weighted by Gasteiger charge is -2.25. The Morgan fingerprint density at radius 1 is 0.971 bits per heavy atom. The van der Waals surface area contributed by atoms with Crippen LogP contribution in [0.2, 0.25) is 0 Å². The van der Waals surface area contributed by atoms with Gasteiger partial charge in [-0.25, -0.2) is 0 Å². The van der Waals surface area contributed by atoms with E-state index >= 15 is 0 Å². The Kier molecular flexibility index (Phi) is 10.2. The molecule has 3 N–H and O–H groups in total. The molecular weight excluding hydrogens is 428 g/mol. The molecule has 34 heavy (non-hydrogen) atoms. The summed E-state index contributed by atoms with van der Waals surface area (Å²) in [7, 11) is 4.86. The lowest BCUT2D eigenvalue weighted by atomic mass is 9.85. The van der Waals surface area contributed by atoms with E-state index in [1.54, 1.807) is 21.3 Å². The first-order valence-corrected chi connectivity index (χ1v) is 12.1. The highest BCUT2D eigenvalue weighted by atomic mass is 16.5. The zero-order valence-corrected chi connectivity index (χ0v) is 21.9. The van der Waals surface area contributed by atoms with Gasteiger partial charge in [0.15, 0.2) is 11.5 Å². The molecule has 2 rings (SSSR count). The number of amides is 1. The Hall–Kier alpha value is -2.73. The second kappa shape index (κ2) is 12.7. The van der Waals surface area contributed by atoms with E-state index in [2.05, 4.69) is 39.1 Å². The van der Waals surface area contributed by atoms with E-state index < -0.39 is 0 Å². The van der Waals surface area contributed by atoms with Gasteiger partial charge in [-0.1, -0.05) is 59.1 Å². The molecule has 2 aromatic rings. The Morgan fingerprint density at radius 3 is 2.18 bits per heavy atom. The molecular formula is C28H42N2O4. The van der Waals surface area contributed by atoms with Gasteiger partial charge in [-0.15, -0.1) is 0 Å². The van der Waals surface area contributed by atoms with Crippen LogP contribution < -0.4 is 25.3 Å². The maximum absolute atomic E-state index is 13.3. The SMILES string of the molecule is CCCCCC(CC(=O)Nc1cc(CN)ccc1C(C)(C)C)c1cc(OC)c(OC)cc1OC. The predicted molar refractivity (Wildman–Crippen MR) is 139 cm³/mol. The van der Waals surface area contributed by atoms with Gasteiger partial charge in [0.1, 0.15) is 5.75 Å². The first-order valence-electron chi connectivity index (χ1n) is 12.1. The molecule has 0 heterocycles. The van der Waals surface area contributed by atoms with Crippen LogP contribution in [0.15, 0.2) is 30.3 Å². The van der Waals surface area contributed by atoms with Crippen molar-refractivity contribution in [2.45, 2.75) is 77.7 Å². The van der Waals surface area contributed by atoms with Gasteiger partial charge in [0.2, 0.25) is 5.91 Å². The Balaban J connectivity index is 2.39. The second-order valence-electron chi connectivity index (χ2n) is 9.73. The predicted octanol–water partition coefficient (Wildman–Crippen LogP) is 6.16. The van der Waals surface area contributed by atoms with Gasteiger partial charge >= 0.3 is 0 Å². The first kappa shape index (κ1) is 27.5. The summed E-state index contributed by atoms with van der Waals surface area (Å²) in [5.74, 6) is 1.89. The zero-order chi connectivity index (χ0) is 25.3. The van der Waals surface area contributed by atoms with Gasteiger partial charge in [0.25, 0.3) is 0 Å². The van der Waals surface area contributed by atoms with Crippen LogP contribution in [0.4, 0.5) is 5.69 Å². The van der Waals surface area contributed by atoms with Crippen LogP contribution in [0.1, 0.15) is 82.4 Å². The van der Waals surface area contributed by atoms with Crippen LogP contribution in [0.3, 0.4) is 0 Å². The van der Waals surface area contributed by atoms with E-state index in [9.17, 15) is 4.79 Å². The van der Waals surface area contributed by atoms with Crippen LogP contribution in [-0.4, -0.2) is 27.2 Å². The van der Waals surface area contributed by atoms with Crippen molar-refractivity contribution >= 4 is 11.6 Å². The zero-order valence-electron chi connectivity index (χ0n) is 21.9. The third-order valence-electron chi connectivity index (χ3n) is 6.17. The summed E-state index contributed by atoms with van der Waals surface area (Å²) in [6, 6.07) is 9.85. The van der Waals surface area contributed by atoms with E-state index in [1.807, 2.05) is 24.3 Å². The van der Waals surface area contributed by atoms with Crippen molar-refractivity contribution < 1.29 is 19.0 Å². The highest BCUT2D eigenvalue weighted by Crippen LogP contribution is 2.41. The summed E-state index contributed by atoms with van der Waals surface area (Å²) in [5.41, 5.74) is 9.62. The minimum Gasteiger partial charge on any atom is -0.496 e. The molecule has 0 aliphatic rings. The number of rotatable bonds is 12. The van der Waals surface area contributed by atoms with Gasteiger partial charge in [-0.3, -0.25) is 4.79 Å². The first-order chi connectivity index (χ1) is 16.2. The average molecular weight is 471 g/mol. The van der Waals surface area contributed by atoms with Crippen molar-refractivity contribution in [3.05, 3.63) is 47.0 Å². The monoisotopic (exact) mass is 470 g/mol. The normalized spacial score (nSPS) is 12.2. The molecule has 0 saturated carbocycles. The lowest BCUT2D eigenvalue weighted by Crippen LogP contribution is -2.21. The Labute approximate surface area is 205 Å². The summed E-state index contributed by atoms with van der Waals surface area (Å²) in [6.07, 6.45) is 4.47. The minimum atomic E-state index is -0.108. The van der Waals surface area contributed by atoms with Crippen LogP contribution in [0, 0.1) is 0 Å².